The van der Waals surface area contributed by atoms with Gasteiger partial charge in [-0.1, -0.05) is 91.9 Å². The van der Waals surface area contributed by atoms with Crippen molar-refractivity contribution in [3.05, 3.63) is 151 Å². The van der Waals surface area contributed by atoms with Crippen LogP contribution in [0.3, 0.4) is 0 Å². The van der Waals surface area contributed by atoms with Gasteiger partial charge in [0.15, 0.2) is 0 Å². The summed E-state index contributed by atoms with van der Waals surface area (Å²) in [4.78, 5) is 4.54. The van der Waals surface area contributed by atoms with Crippen molar-refractivity contribution in [2.24, 2.45) is 0 Å². The van der Waals surface area contributed by atoms with E-state index in [9.17, 15) is 4.39 Å². The average Bonchev–Trinajstić information content (AvgIpc) is 3.00. The van der Waals surface area contributed by atoms with Crippen molar-refractivity contribution in [3.8, 4) is 0 Å². The summed E-state index contributed by atoms with van der Waals surface area (Å²) < 4.78 is 13.4. The van der Waals surface area contributed by atoms with Gasteiger partial charge in [0.1, 0.15) is 6.67 Å². The molecule has 0 atom stereocenters. The van der Waals surface area contributed by atoms with E-state index in [0.717, 1.165) is 45.9 Å². The molecule has 0 bridgehead atoms. The number of allylic oxidation sites excluding steroid dienone is 3. The Kier molecular flexibility index (Phi) is 8.18. The first kappa shape index (κ1) is 26.0. The standard InChI is InChI=1S/C36H33FN2/c1-3-5-15-30(4-2)38(31-16-7-6-8-17-31)33-18-12-19-34(26-33)39(32-24-22-28(27-37)23-25-32)36-21-11-14-29-13-9-10-20-35(29)36/h4-26H,3,27H2,1-2H3/b15-5-,30-4+. The Balaban J connectivity index is 1.70. The smallest absolute Gasteiger partial charge is 0.115 e. The van der Waals surface area contributed by atoms with E-state index in [2.05, 4.69) is 133 Å². The Morgan fingerprint density at radius 1 is 0.692 bits per heavy atom. The SMILES string of the molecule is C/C=C(\C=C/CC)N(c1ccccc1)c1cccc(N(c2ccc(CF)cc2)c2cccc3ccccc23)c1. The van der Waals surface area contributed by atoms with E-state index in [-0.39, 0.29) is 0 Å². The maximum Gasteiger partial charge on any atom is 0.115 e. The Labute approximate surface area is 231 Å². The van der Waals surface area contributed by atoms with Gasteiger partial charge in [-0.05, 0) is 78.9 Å². The number of anilines is 5. The minimum atomic E-state index is -0.479. The molecule has 39 heavy (non-hydrogen) atoms. The van der Waals surface area contributed by atoms with Gasteiger partial charge in [-0.15, -0.1) is 0 Å². The molecule has 5 aromatic rings. The molecular formula is C36H33FN2. The van der Waals surface area contributed by atoms with Crippen molar-refractivity contribution in [1.82, 2.24) is 0 Å². The second-order valence-electron chi connectivity index (χ2n) is 9.35. The van der Waals surface area contributed by atoms with E-state index in [1.54, 1.807) is 0 Å². The fourth-order valence-corrected chi connectivity index (χ4v) is 4.90. The Hall–Kier alpha value is -4.63. The van der Waals surface area contributed by atoms with E-state index >= 15 is 0 Å². The zero-order valence-corrected chi connectivity index (χ0v) is 22.5. The fourth-order valence-electron chi connectivity index (χ4n) is 4.90. The highest BCUT2D eigenvalue weighted by atomic mass is 19.1. The van der Waals surface area contributed by atoms with Gasteiger partial charge in [-0.25, -0.2) is 4.39 Å². The van der Waals surface area contributed by atoms with Crippen LogP contribution in [0.25, 0.3) is 10.8 Å². The summed E-state index contributed by atoms with van der Waals surface area (Å²) in [6, 6.07) is 41.6. The summed E-state index contributed by atoms with van der Waals surface area (Å²) in [6.07, 6.45) is 7.47. The monoisotopic (exact) mass is 512 g/mol. The van der Waals surface area contributed by atoms with Crippen molar-refractivity contribution >= 4 is 39.2 Å². The number of rotatable bonds is 9. The van der Waals surface area contributed by atoms with Gasteiger partial charge in [0.2, 0.25) is 0 Å². The van der Waals surface area contributed by atoms with Crippen molar-refractivity contribution in [1.29, 1.82) is 0 Å². The Morgan fingerprint density at radius 2 is 1.36 bits per heavy atom. The molecule has 0 heterocycles. The van der Waals surface area contributed by atoms with Crippen LogP contribution < -0.4 is 9.80 Å². The molecule has 0 radical (unpaired) electrons. The minimum Gasteiger partial charge on any atom is -0.311 e. The van der Waals surface area contributed by atoms with Crippen LogP contribution in [0.1, 0.15) is 25.8 Å². The average molecular weight is 513 g/mol. The molecule has 0 saturated carbocycles. The third-order valence-electron chi connectivity index (χ3n) is 6.80. The zero-order chi connectivity index (χ0) is 27.0. The number of para-hydroxylation sites is 1. The van der Waals surface area contributed by atoms with Crippen molar-refractivity contribution < 1.29 is 4.39 Å². The summed E-state index contributed by atoms with van der Waals surface area (Å²) in [7, 11) is 0. The summed E-state index contributed by atoms with van der Waals surface area (Å²) in [6.45, 7) is 3.74. The molecule has 0 aromatic heterocycles. The molecule has 5 rings (SSSR count). The molecule has 0 amide bonds. The summed E-state index contributed by atoms with van der Waals surface area (Å²) in [5, 5.41) is 2.32. The van der Waals surface area contributed by atoms with E-state index in [1.807, 2.05) is 30.3 Å². The Bertz CT molecular complexity index is 1580. The number of fused-ring (bicyclic) bond motifs is 1. The third-order valence-corrected chi connectivity index (χ3v) is 6.80. The maximum absolute atomic E-state index is 13.4. The number of halogens is 1. The van der Waals surface area contributed by atoms with Gasteiger partial charge < -0.3 is 9.80 Å². The molecule has 0 saturated heterocycles. The van der Waals surface area contributed by atoms with Crippen LogP contribution in [0.4, 0.5) is 32.8 Å². The van der Waals surface area contributed by atoms with Crippen LogP contribution in [-0.4, -0.2) is 0 Å². The van der Waals surface area contributed by atoms with Crippen molar-refractivity contribution in [3.63, 3.8) is 0 Å². The molecule has 3 heteroatoms. The molecule has 5 aromatic carbocycles. The lowest BCUT2D eigenvalue weighted by atomic mass is 10.1. The quantitative estimate of drug-likeness (QED) is 0.181. The van der Waals surface area contributed by atoms with Gasteiger partial charge in [0, 0.05) is 33.8 Å². The van der Waals surface area contributed by atoms with Crippen LogP contribution in [0.15, 0.2) is 145 Å². The highest BCUT2D eigenvalue weighted by molar-refractivity contribution is 5.99. The van der Waals surface area contributed by atoms with Gasteiger partial charge in [-0.3, -0.25) is 0 Å². The Morgan fingerprint density at radius 3 is 2.10 bits per heavy atom. The molecule has 2 nitrogen and oxygen atoms in total. The molecule has 0 aliphatic rings. The first-order valence-electron chi connectivity index (χ1n) is 13.4. The summed E-state index contributed by atoms with van der Waals surface area (Å²) >= 11 is 0. The van der Waals surface area contributed by atoms with Gasteiger partial charge in [0.05, 0.1) is 5.69 Å². The molecule has 0 fully saturated rings. The van der Waals surface area contributed by atoms with Crippen LogP contribution in [0.2, 0.25) is 0 Å². The van der Waals surface area contributed by atoms with E-state index in [4.69, 9.17) is 0 Å². The highest BCUT2D eigenvalue weighted by Crippen LogP contribution is 2.41. The fraction of sp³-hybridized carbons (Fsp3) is 0.111. The van der Waals surface area contributed by atoms with Crippen molar-refractivity contribution in [2.45, 2.75) is 26.9 Å². The lowest BCUT2D eigenvalue weighted by Gasteiger charge is -2.30. The van der Waals surface area contributed by atoms with Crippen LogP contribution in [-0.2, 0) is 6.67 Å². The van der Waals surface area contributed by atoms with E-state index in [0.29, 0.717) is 5.56 Å². The van der Waals surface area contributed by atoms with E-state index < -0.39 is 6.67 Å². The molecule has 194 valence electrons. The molecule has 0 aliphatic carbocycles. The lowest BCUT2D eigenvalue weighted by molar-refractivity contribution is 0.485. The minimum absolute atomic E-state index is 0.479. The van der Waals surface area contributed by atoms with Crippen LogP contribution in [0.5, 0.6) is 0 Å². The zero-order valence-electron chi connectivity index (χ0n) is 22.5. The number of hydrogen-bond acceptors (Lipinski definition) is 2. The molecule has 0 unspecified atom stereocenters. The maximum atomic E-state index is 13.4. The second kappa shape index (κ2) is 12.3. The predicted octanol–water partition coefficient (Wildman–Crippen LogP) is 10.8. The third kappa shape index (κ3) is 5.63. The number of hydrogen-bond donors (Lipinski definition) is 0. The van der Waals surface area contributed by atoms with Gasteiger partial charge in [0.25, 0.3) is 0 Å². The first-order chi connectivity index (χ1) is 19.2. The molecule has 0 spiro atoms. The van der Waals surface area contributed by atoms with E-state index in [1.165, 1.54) is 5.39 Å². The predicted molar refractivity (Wildman–Crippen MR) is 165 cm³/mol. The second-order valence-corrected chi connectivity index (χ2v) is 9.35. The summed E-state index contributed by atoms with van der Waals surface area (Å²) in [5.74, 6) is 0. The van der Waals surface area contributed by atoms with Crippen molar-refractivity contribution in [2.75, 3.05) is 9.80 Å². The lowest BCUT2D eigenvalue weighted by Crippen LogP contribution is -2.16. The normalized spacial score (nSPS) is 11.7. The largest absolute Gasteiger partial charge is 0.311 e. The highest BCUT2D eigenvalue weighted by Gasteiger charge is 2.18. The first-order valence-corrected chi connectivity index (χ1v) is 13.4. The van der Waals surface area contributed by atoms with Crippen LogP contribution >= 0.6 is 0 Å². The van der Waals surface area contributed by atoms with Gasteiger partial charge in [-0.2, -0.15) is 0 Å². The topological polar surface area (TPSA) is 6.48 Å². The molecular weight excluding hydrogens is 479 g/mol. The van der Waals surface area contributed by atoms with Crippen LogP contribution in [0, 0.1) is 0 Å². The molecule has 0 N–H and O–H groups in total. The molecule has 0 aliphatic heterocycles. The van der Waals surface area contributed by atoms with Gasteiger partial charge >= 0.3 is 0 Å². The number of alkyl halides is 1. The number of nitrogens with zero attached hydrogens (tertiary/aromatic N) is 2. The summed E-state index contributed by atoms with van der Waals surface area (Å²) in [5.41, 5.74) is 6.98. The number of benzene rings is 5.